The number of anilines is 1. The Balaban J connectivity index is 1.57. The number of benzene rings is 1. The summed E-state index contributed by atoms with van der Waals surface area (Å²) in [6, 6.07) is 9.04. The van der Waals surface area contributed by atoms with E-state index in [2.05, 4.69) is 20.5 Å². The Morgan fingerprint density at radius 1 is 1.11 bits per heavy atom. The lowest BCUT2D eigenvalue weighted by atomic mass is 9.96. The van der Waals surface area contributed by atoms with Crippen LogP contribution in [0.2, 0.25) is 0 Å². The minimum Gasteiger partial charge on any atom is -0.507 e. The largest absolute Gasteiger partial charge is 0.507 e. The summed E-state index contributed by atoms with van der Waals surface area (Å²) in [4.78, 5) is 4.27. The lowest BCUT2D eigenvalue weighted by molar-refractivity contribution is 0.0392. The standard InChI is InChI=1S/C21H19N5O2/c22-8-12-1-4-16(18(27)7-12)20-15-5-6-23-9-17(15)21(26-25-20)24-19-13-2-3-14(19)11-28-10-13/h1,4-7,9,13-14,19,27H,2-3,10-11H2,(H,24,26)/t13-,14+,19?. The van der Waals surface area contributed by atoms with Crippen molar-refractivity contribution in [1.29, 1.82) is 5.26 Å². The molecule has 5 rings (SSSR count). The molecule has 28 heavy (non-hydrogen) atoms. The van der Waals surface area contributed by atoms with Gasteiger partial charge in [-0.2, -0.15) is 5.26 Å². The number of nitriles is 1. The van der Waals surface area contributed by atoms with Crippen molar-refractivity contribution < 1.29 is 9.84 Å². The van der Waals surface area contributed by atoms with Gasteiger partial charge in [0.05, 0.1) is 24.8 Å². The van der Waals surface area contributed by atoms with Crippen molar-refractivity contribution in [2.75, 3.05) is 18.5 Å². The van der Waals surface area contributed by atoms with Crippen molar-refractivity contribution in [1.82, 2.24) is 15.2 Å². The summed E-state index contributed by atoms with van der Waals surface area (Å²) in [6.07, 6.45) is 5.82. The molecule has 140 valence electrons. The highest BCUT2D eigenvalue weighted by Crippen LogP contribution is 2.39. The Hall–Kier alpha value is -3.24. The first kappa shape index (κ1) is 16.9. The Morgan fingerprint density at radius 2 is 1.93 bits per heavy atom. The van der Waals surface area contributed by atoms with E-state index in [0.29, 0.717) is 40.5 Å². The summed E-state index contributed by atoms with van der Waals surface area (Å²) in [5, 5.41) is 33.6. The first-order valence-corrected chi connectivity index (χ1v) is 9.43. The first-order chi connectivity index (χ1) is 13.7. The number of rotatable bonds is 3. The number of phenols is 1. The molecule has 7 heteroatoms. The maximum absolute atomic E-state index is 10.4. The second-order valence-corrected chi connectivity index (χ2v) is 7.47. The number of nitrogens with one attached hydrogen (secondary N) is 1. The zero-order valence-corrected chi connectivity index (χ0v) is 15.2. The van der Waals surface area contributed by atoms with Crippen molar-refractivity contribution in [3.63, 3.8) is 0 Å². The minimum absolute atomic E-state index is 0.00893. The summed E-state index contributed by atoms with van der Waals surface area (Å²) in [7, 11) is 0. The topological polar surface area (TPSA) is 104 Å². The molecule has 7 nitrogen and oxygen atoms in total. The summed E-state index contributed by atoms with van der Waals surface area (Å²) < 4.78 is 5.68. The fourth-order valence-electron chi connectivity index (χ4n) is 4.41. The molecule has 0 spiro atoms. The number of phenolic OH excluding ortho intramolecular Hbond substituents is 1. The molecule has 0 amide bonds. The molecule has 2 bridgehead atoms. The smallest absolute Gasteiger partial charge is 0.158 e. The van der Waals surface area contributed by atoms with Crippen molar-refractivity contribution in [2.45, 2.75) is 18.9 Å². The molecule has 1 aromatic carbocycles. The molecule has 1 saturated heterocycles. The van der Waals surface area contributed by atoms with Crippen LogP contribution in [0, 0.1) is 23.2 Å². The first-order valence-electron chi connectivity index (χ1n) is 9.43. The van der Waals surface area contributed by atoms with E-state index in [1.165, 1.54) is 18.9 Å². The van der Waals surface area contributed by atoms with Gasteiger partial charge < -0.3 is 15.2 Å². The molecule has 2 aliphatic rings. The minimum atomic E-state index is 0.00893. The van der Waals surface area contributed by atoms with Crippen LogP contribution in [0.3, 0.4) is 0 Å². The Bertz CT molecular complexity index is 1080. The molecule has 2 aromatic heterocycles. The number of hydrogen-bond donors (Lipinski definition) is 2. The highest BCUT2D eigenvalue weighted by Gasteiger charge is 2.40. The molecule has 1 aliphatic carbocycles. The van der Waals surface area contributed by atoms with E-state index < -0.39 is 0 Å². The second-order valence-electron chi connectivity index (χ2n) is 7.47. The zero-order chi connectivity index (χ0) is 19.1. The lowest BCUT2D eigenvalue weighted by Gasteiger charge is -2.31. The Labute approximate surface area is 162 Å². The average molecular weight is 373 g/mol. The molecule has 2 fully saturated rings. The normalized spacial score (nSPS) is 23.5. The summed E-state index contributed by atoms with van der Waals surface area (Å²) in [5.74, 6) is 1.71. The van der Waals surface area contributed by atoms with Crippen LogP contribution in [-0.4, -0.2) is 39.5 Å². The van der Waals surface area contributed by atoms with Crippen LogP contribution in [0.4, 0.5) is 5.82 Å². The fraction of sp³-hybridized carbons (Fsp3) is 0.333. The second kappa shape index (κ2) is 6.73. The van der Waals surface area contributed by atoms with Crippen molar-refractivity contribution in [3.05, 3.63) is 42.2 Å². The van der Waals surface area contributed by atoms with Gasteiger partial charge in [-0.3, -0.25) is 4.98 Å². The fourth-order valence-corrected chi connectivity index (χ4v) is 4.41. The van der Waals surface area contributed by atoms with Gasteiger partial charge >= 0.3 is 0 Å². The number of aromatic hydroxyl groups is 1. The Morgan fingerprint density at radius 3 is 2.68 bits per heavy atom. The third-order valence-electron chi connectivity index (χ3n) is 5.85. The molecular weight excluding hydrogens is 354 g/mol. The number of pyridine rings is 1. The number of ether oxygens (including phenoxy) is 1. The molecule has 2 N–H and O–H groups in total. The molecule has 3 aromatic rings. The van der Waals surface area contributed by atoms with Crippen molar-refractivity contribution in [2.24, 2.45) is 11.8 Å². The van der Waals surface area contributed by atoms with Crippen molar-refractivity contribution >= 4 is 16.6 Å². The number of aromatic nitrogens is 3. The van der Waals surface area contributed by atoms with E-state index in [4.69, 9.17) is 10.00 Å². The van der Waals surface area contributed by atoms with E-state index in [9.17, 15) is 5.11 Å². The zero-order valence-electron chi connectivity index (χ0n) is 15.2. The van der Waals surface area contributed by atoms with E-state index in [1.54, 1.807) is 24.5 Å². The monoisotopic (exact) mass is 373 g/mol. The van der Waals surface area contributed by atoms with Crippen LogP contribution in [0.25, 0.3) is 22.0 Å². The van der Waals surface area contributed by atoms with E-state index in [-0.39, 0.29) is 5.75 Å². The van der Waals surface area contributed by atoms with Gasteiger partial charge in [-0.25, -0.2) is 0 Å². The van der Waals surface area contributed by atoms with Crippen LogP contribution in [0.15, 0.2) is 36.7 Å². The van der Waals surface area contributed by atoms with E-state index >= 15 is 0 Å². The third kappa shape index (κ3) is 2.74. The number of fused-ring (bicyclic) bond motifs is 3. The number of hydrogen-bond acceptors (Lipinski definition) is 7. The van der Waals surface area contributed by atoms with Gasteiger partial charge in [-0.15, -0.1) is 10.2 Å². The molecular formula is C21H19N5O2. The maximum atomic E-state index is 10.4. The van der Waals surface area contributed by atoms with Gasteiger partial charge in [0, 0.05) is 46.6 Å². The van der Waals surface area contributed by atoms with Gasteiger partial charge in [-0.1, -0.05) is 0 Å². The van der Waals surface area contributed by atoms with Gasteiger partial charge in [0.2, 0.25) is 0 Å². The van der Waals surface area contributed by atoms with Crippen LogP contribution >= 0.6 is 0 Å². The van der Waals surface area contributed by atoms with Crippen LogP contribution in [0.1, 0.15) is 18.4 Å². The predicted molar refractivity (Wildman–Crippen MR) is 104 cm³/mol. The molecule has 0 radical (unpaired) electrons. The quantitative estimate of drug-likeness (QED) is 0.727. The summed E-state index contributed by atoms with van der Waals surface area (Å²) in [6.45, 7) is 1.57. The molecule has 1 saturated carbocycles. The SMILES string of the molecule is N#Cc1ccc(-c2nnc(NC3[C@@H]4CC[C@H]3COC4)c3cnccc23)c(O)c1. The lowest BCUT2D eigenvalue weighted by Crippen LogP contribution is -2.39. The molecule has 3 atom stereocenters. The van der Waals surface area contributed by atoms with Crippen LogP contribution in [0.5, 0.6) is 5.75 Å². The van der Waals surface area contributed by atoms with Gasteiger partial charge in [0.25, 0.3) is 0 Å². The highest BCUT2D eigenvalue weighted by atomic mass is 16.5. The van der Waals surface area contributed by atoms with Gasteiger partial charge in [0.15, 0.2) is 5.82 Å². The van der Waals surface area contributed by atoms with Crippen LogP contribution in [-0.2, 0) is 4.74 Å². The highest BCUT2D eigenvalue weighted by molar-refractivity contribution is 6.00. The molecule has 3 heterocycles. The van der Waals surface area contributed by atoms with Gasteiger partial charge in [0.1, 0.15) is 11.4 Å². The molecule has 1 unspecified atom stereocenters. The van der Waals surface area contributed by atoms with E-state index in [1.807, 2.05) is 12.1 Å². The molecule has 1 aliphatic heterocycles. The summed E-state index contributed by atoms with van der Waals surface area (Å²) in [5.41, 5.74) is 1.51. The van der Waals surface area contributed by atoms with Crippen LogP contribution < -0.4 is 5.32 Å². The third-order valence-corrected chi connectivity index (χ3v) is 5.85. The van der Waals surface area contributed by atoms with Crippen molar-refractivity contribution in [3.8, 4) is 23.1 Å². The van der Waals surface area contributed by atoms with E-state index in [0.717, 1.165) is 24.0 Å². The summed E-state index contributed by atoms with van der Waals surface area (Å²) >= 11 is 0. The maximum Gasteiger partial charge on any atom is 0.158 e. The predicted octanol–water partition coefficient (Wildman–Crippen LogP) is 3.11. The average Bonchev–Trinajstić information content (AvgIpc) is 2.94. The number of nitrogens with zero attached hydrogens (tertiary/aromatic N) is 4. The Kier molecular flexibility index (Phi) is 4.06. The van der Waals surface area contributed by atoms with Gasteiger partial charge in [-0.05, 0) is 37.1 Å².